The van der Waals surface area contributed by atoms with Crippen LogP contribution in [-0.2, 0) is 10.0 Å². The molecule has 11 heteroatoms. The molecule has 3 aromatic rings. The van der Waals surface area contributed by atoms with Gasteiger partial charge in [-0.3, -0.25) is 4.57 Å². The molecule has 0 radical (unpaired) electrons. The van der Waals surface area contributed by atoms with Crippen molar-refractivity contribution in [2.75, 3.05) is 31.1 Å². The van der Waals surface area contributed by atoms with E-state index in [0.29, 0.717) is 37.0 Å². The molecule has 0 unspecified atom stereocenters. The molecular weight excluding hydrogens is 435 g/mol. The number of anilines is 1. The number of nitrogens with zero attached hydrogens (tertiary/aromatic N) is 6. The maximum Gasteiger partial charge on any atom is 0.244 e. The molecule has 0 atom stereocenters. The number of hydrogen-bond donors (Lipinski definition) is 0. The predicted octanol–water partition coefficient (Wildman–Crippen LogP) is 2.79. The monoisotopic (exact) mass is 452 g/mol. The second kappa shape index (κ2) is 7.91. The maximum absolute atomic E-state index is 13.0. The van der Waals surface area contributed by atoms with Crippen molar-refractivity contribution in [3.05, 3.63) is 58.9 Å². The first-order valence-corrected chi connectivity index (χ1v) is 11.1. The molecule has 0 aliphatic carbocycles. The number of benzene rings is 1. The van der Waals surface area contributed by atoms with Crippen LogP contribution in [0.4, 0.5) is 5.82 Å². The van der Waals surface area contributed by atoms with Gasteiger partial charge in [0.2, 0.25) is 10.0 Å². The minimum atomic E-state index is -3.72. The van der Waals surface area contributed by atoms with Crippen molar-refractivity contribution >= 4 is 39.0 Å². The summed E-state index contributed by atoms with van der Waals surface area (Å²) >= 11 is 12.1. The van der Waals surface area contributed by atoms with Crippen LogP contribution < -0.4 is 4.90 Å². The van der Waals surface area contributed by atoms with Crippen molar-refractivity contribution in [3.63, 3.8) is 0 Å². The zero-order valence-electron chi connectivity index (χ0n) is 15.5. The van der Waals surface area contributed by atoms with Crippen molar-refractivity contribution < 1.29 is 8.42 Å². The Morgan fingerprint density at radius 1 is 0.966 bits per heavy atom. The largest absolute Gasteiger partial charge is 0.354 e. The second-order valence-electron chi connectivity index (χ2n) is 6.54. The van der Waals surface area contributed by atoms with Gasteiger partial charge in [0.25, 0.3) is 0 Å². The number of sulfonamides is 1. The fourth-order valence-electron chi connectivity index (χ4n) is 3.23. The van der Waals surface area contributed by atoms with Gasteiger partial charge in [0.05, 0.1) is 5.02 Å². The molecule has 0 amide bonds. The van der Waals surface area contributed by atoms with Crippen LogP contribution in [0.25, 0.3) is 5.82 Å². The Hall–Kier alpha value is -2.20. The van der Waals surface area contributed by atoms with E-state index in [2.05, 4.69) is 15.0 Å². The molecular formula is C18H18Cl2N6O2S. The number of hydrogen-bond acceptors (Lipinski definition) is 6. The average Bonchev–Trinajstić information content (AvgIpc) is 3.16. The first-order chi connectivity index (χ1) is 13.9. The highest BCUT2D eigenvalue weighted by molar-refractivity contribution is 7.89. The van der Waals surface area contributed by atoms with Crippen LogP contribution >= 0.6 is 23.2 Å². The minimum absolute atomic E-state index is 0.0278. The summed E-state index contributed by atoms with van der Waals surface area (Å²) in [6, 6.07) is 6.31. The van der Waals surface area contributed by atoms with Crippen LogP contribution in [0.3, 0.4) is 0 Å². The topological polar surface area (TPSA) is 84.2 Å². The van der Waals surface area contributed by atoms with E-state index in [1.807, 2.05) is 28.7 Å². The van der Waals surface area contributed by atoms with Crippen LogP contribution in [0.5, 0.6) is 0 Å². The number of imidazole rings is 1. The fraction of sp³-hybridized carbons (Fsp3) is 0.278. The van der Waals surface area contributed by atoms with Crippen molar-refractivity contribution in [2.24, 2.45) is 0 Å². The Bertz CT molecular complexity index is 1140. The van der Waals surface area contributed by atoms with E-state index in [1.165, 1.54) is 22.8 Å². The molecule has 2 aromatic heterocycles. The van der Waals surface area contributed by atoms with E-state index in [4.69, 9.17) is 23.2 Å². The molecule has 0 bridgehead atoms. The van der Waals surface area contributed by atoms with Crippen molar-refractivity contribution in [1.29, 1.82) is 0 Å². The third-order valence-electron chi connectivity index (χ3n) is 4.78. The Kier molecular flexibility index (Phi) is 5.48. The van der Waals surface area contributed by atoms with Crippen LogP contribution in [-0.4, -0.2) is 58.4 Å². The van der Waals surface area contributed by atoms with Gasteiger partial charge in [0.1, 0.15) is 28.7 Å². The highest BCUT2D eigenvalue weighted by Gasteiger charge is 2.30. The summed E-state index contributed by atoms with van der Waals surface area (Å²) in [5, 5.41) is 0.489. The third-order valence-corrected chi connectivity index (χ3v) is 7.40. The Morgan fingerprint density at radius 3 is 2.38 bits per heavy atom. The predicted molar refractivity (Wildman–Crippen MR) is 111 cm³/mol. The molecule has 1 fully saturated rings. The van der Waals surface area contributed by atoms with Gasteiger partial charge >= 0.3 is 0 Å². The highest BCUT2D eigenvalue weighted by atomic mass is 35.5. The van der Waals surface area contributed by atoms with Crippen molar-refractivity contribution in [1.82, 2.24) is 23.8 Å². The van der Waals surface area contributed by atoms with Gasteiger partial charge in [0.15, 0.2) is 0 Å². The molecule has 0 spiro atoms. The SMILES string of the molecule is Cc1nccn1-c1cc(N2CCN(S(=O)(=O)c3cc(Cl)ccc3Cl)CC2)ncn1. The summed E-state index contributed by atoms with van der Waals surface area (Å²) < 4.78 is 29.2. The normalized spacial score (nSPS) is 15.6. The lowest BCUT2D eigenvalue weighted by molar-refractivity contribution is 0.384. The lowest BCUT2D eigenvalue weighted by Gasteiger charge is -2.34. The summed E-state index contributed by atoms with van der Waals surface area (Å²) in [6.45, 7) is 3.52. The van der Waals surface area contributed by atoms with Crippen molar-refractivity contribution in [2.45, 2.75) is 11.8 Å². The molecule has 0 saturated carbocycles. The summed E-state index contributed by atoms with van der Waals surface area (Å²) in [5.74, 6) is 2.27. The van der Waals surface area contributed by atoms with Gasteiger partial charge < -0.3 is 4.90 Å². The first-order valence-electron chi connectivity index (χ1n) is 8.89. The van der Waals surface area contributed by atoms with Crippen LogP contribution in [0.15, 0.2) is 47.9 Å². The summed E-state index contributed by atoms with van der Waals surface area (Å²) in [5.41, 5.74) is 0. The number of aromatic nitrogens is 4. The van der Waals surface area contributed by atoms with Gasteiger partial charge in [-0.05, 0) is 25.1 Å². The first kappa shape index (κ1) is 20.1. The molecule has 0 N–H and O–H groups in total. The lowest BCUT2D eigenvalue weighted by Crippen LogP contribution is -2.49. The van der Waals surface area contributed by atoms with E-state index < -0.39 is 10.0 Å². The van der Waals surface area contributed by atoms with Gasteiger partial charge in [-0.2, -0.15) is 4.31 Å². The highest BCUT2D eigenvalue weighted by Crippen LogP contribution is 2.28. The quantitative estimate of drug-likeness (QED) is 0.604. The fourth-order valence-corrected chi connectivity index (χ4v) is 5.39. The Morgan fingerprint density at radius 2 is 1.69 bits per heavy atom. The molecule has 29 heavy (non-hydrogen) atoms. The van der Waals surface area contributed by atoms with Gasteiger partial charge in [0, 0.05) is 49.7 Å². The van der Waals surface area contributed by atoms with Gasteiger partial charge in [-0.1, -0.05) is 23.2 Å². The minimum Gasteiger partial charge on any atom is -0.354 e. The zero-order valence-corrected chi connectivity index (χ0v) is 17.9. The molecule has 8 nitrogen and oxygen atoms in total. The summed E-state index contributed by atoms with van der Waals surface area (Å²) in [6.07, 6.45) is 5.04. The van der Waals surface area contributed by atoms with E-state index in [1.54, 1.807) is 12.3 Å². The molecule has 4 rings (SSSR count). The second-order valence-corrected chi connectivity index (χ2v) is 9.29. The number of halogens is 2. The van der Waals surface area contributed by atoms with E-state index >= 15 is 0 Å². The molecule has 152 valence electrons. The van der Waals surface area contributed by atoms with Crippen molar-refractivity contribution in [3.8, 4) is 5.82 Å². The number of aryl methyl sites for hydroxylation is 1. The summed E-state index contributed by atoms with van der Waals surface area (Å²) in [7, 11) is -3.72. The van der Waals surface area contributed by atoms with Crippen LogP contribution in [0.2, 0.25) is 10.0 Å². The standard InChI is InChI=1S/C18H18Cl2N6O2S/c1-13-21-4-5-26(13)18-11-17(22-12-23-18)24-6-8-25(9-7-24)29(27,28)16-10-14(19)2-3-15(16)20/h2-5,10-12H,6-9H2,1H3. The average molecular weight is 453 g/mol. The van der Waals surface area contributed by atoms with Gasteiger partial charge in [-0.25, -0.2) is 23.4 Å². The Balaban J connectivity index is 1.51. The zero-order chi connectivity index (χ0) is 20.6. The van der Waals surface area contributed by atoms with E-state index in [9.17, 15) is 8.42 Å². The molecule has 3 heterocycles. The molecule has 1 aliphatic rings. The molecule has 1 aromatic carbocycles. The number of rotatable bonds is 4. The maximum atomic E-state index is 13.0. The smallest absolute Gasteiger partial charge is 0.244 e. The molecule has 1 aliphatic heterocycles. The van der Waals surface area contributed by atoms with Crippen LogP contribution in [0, 0.1) is 6.92 Å². The Labute approximate surface area is 178 Å². The molecule has 1 saturated heterocycles. The number of piperazine rings is 1. The van der Waals surface area contributed by atoms with E-state index in [0.717, 1.165) is 11.6 Å². The lowest BCUT2D eigenvalue weighted by atomic mass is 10.3. The van der Waals surface area contributed by atoms with E-state index in [-0.39, 0.29) is 9.92 Å². The van der Waals surface area contributed by atoms with Gasteiger partial charge in [-0.15, -0.1) is 0 Å². The summed E-state index contributed by atoms with van der Waals surface area (Å²) in [4.78, 5) is 14.9. The third kappa shape index (κ3) is 3.95. The van der Waals surface area contributed by atoms with Crippen LogP contribution in [0.1, 0.15) is 5.82 Å².